The third kappa shape index (κ3) is 2.53. The van der Waals surface area contributed by atoms with Crippen molar-refractivity contribution in [1.29, 1.82) is 0 Å². The van der Waals surface area contributed by atoms with Gasteiger partial charge < -0.3 is 0 Å². The zero-order valence-corrected chi connectivity index (χ0v) is 13.2. The third-order valence-electron chi connectivity index (χ3n) is 3.91. The number of hydrogen-bond donors (Lipinski definition) is 0. The van der Waals surface area contributed by atoms with Crippen LogP contribution in [0, 0.1) is 0 Å². The molecule has 0 spiro atoms. The fraction of sp³-hybridized carbons (Fsp3) is 0.222. The molecule has 3 rings (SSSR count). The maximum atomic E-state index is 6.30. The first-order valence-electron chi connectivity index (χ1n) is 7.23. The molecule has 0 radical (unpaired) electrons. The van der Waals surface area contributed by atoms with Crippen molar-refractivity contribution in [3.05, 3.63) is 72.1 Å². The molecule has 2 aromatic carbocycles. The molecule has 0 N–H and O–H groups in total. The lowest BCUT2D eigenvalue weighted by atomic mass is 10.1. The first-order chi connectivity index (χ1) is 9.82. The van der Waals surface area contributed by atoms with E-state index < -0.39 is 6.04 Å². The van der Waals surface area contributed by atoms with Crippen molar-refractivity contribution in [3.63, 3.8) is 0 Å². The third-order valence-corrected chi connectivity index (χ3v) is 9.15. The van der Waals surface area contributed by atoms with Crippen LogP contribution in [-0.2, 0) is 11.8 Å². The molecule has 2 aromatic rings. The molecule has 0 heterocycles. The monoisotopic (exact) mass is 298 g/mol. The average Bonchev–Trinajstić information content (AvgIpc) is 2.56. The van der Waals surface area contributed by atoms with Crippen LogP contribution in [0.5, 0.6) is 0 Å². The Hall–Kier alpha value is -1.17. The normalized spacial score (nSPS) is 15.7. The van der Waals surface area contributed by atoms with Gasteiger partial charge in [0.2, 0.25) is 0 Å². The topological polar surface area (TPSA) is 0 Å². The Morgan fingerprint density at radius 1 is 0.750 bits per heavy atom. The Morgan fingerprint density at radius 3 is 1.75 bits per heavy atom. The van der Waals surface area contributed by atoms with E-state index >= 15 is 0 Å². The Labute approximate surface area is 126 Å². The van der Waals surface area contributed by atoms with Crippen molar-refractivity contribution >= 4 is 28.5 Å². The predicted molar refractivity (Wildman–Crippen MR) is 93.0 cm³/mol. The van der Waals surface area contributed by atoms with Crippen molar-refractivity contribution < 1.29 is 0 Å². The number of hydrogen-bond acceptors (Lipinski definition) is 1. The summed E-state index contributed by atoms with van der Waals surface area (Å²) in [7, 11) is 0. The van der Waals surface area contributed by atoms with Gasteiger partial charge in [-0.1, -0.05) is 78.5 Å². The van der Waals surface area contributed by atoms with E-state index in [4.69, 9.17) is 11.8 Å². The molecular formula is C18H19PS. The van der Waals surface area contributed by atoms with Crippen molar-refractivity contribution in [2.45, 2.75) is 25.7 Å². The van der Waals surface area contributed by atoms with Crippen LogP contribution < -0.4 is 10.6 Å². The SMILES string of the molecule is S=P(C1=CCCCC1)(c1ccccc1)c1ccccc1. The molecule has 0 aliphatic heterocycles. The van der Waals surface area contributed by atoms with E-state index in [2.05, 4.69) is 66.7 Å². The molecular weight excluding hydrogens is 279 g/mol. The van der Waals surface area contributed by atoms with Gasteiger partial charge in [0.1, 0.15) is 0 Å². The molecule has 0 fully saturated rings. The molecule has 1 aliphatic carbocycles. The molecule has 0 unspecified atom stereocenters. The summed E-state index contributed by atoms with van der Waals surface area (Å²) in [5, 5.41) is 4.17. The maximum Gasteiger partial charge on any atom is 0.0337 e. The number of rotatable bonds is 3. The highest BCUT2D eigenvalue weighted by Crippen LogP contribution is 2.55. The van der Waals surface area contributed by atoms with E-state index in [0.717, 1.165) is 0 Å². The van der Waals surface area contributed by atoms with Crippen LogP contribution in [0.2, 0.25) is 0 Å². The van der Waals surface area contributed by atoms with Crippen molar-refractivity contribution in [3.8, 4) is 0 Å². The number of allylic oxidation sites excluding steroid dienone is 2. The summed E-state index contributed by atoms with van der Waals surface area (Å²) >= 11 is 6.30. The predicted octanol–water partition coefficient (Wildman–Crippen LogP) is 4.57. The highest BCUT2D eigenvalue weighted by Gasteiger charge is 2.27. The second-order valence-electron chi connectivity index (χ2n) is 5.22. The zero-order valence-electron chi connectivity index (χ0n) is 11.5. The van der Waals surface area contributed by atoms with Crippen LogP contribution in [0.3, 0.4) is 0 Å². The van der Waals surface area contributed by atoms with Gasteiger partial charge in [-0.05, 0) is 41.6 Å². The minimum Gasteiger partial charge on any atom is -0.0830 e. The second kappa shape index (κ2) is 6.08. The highest BCUT2D eigenvalue weighted by atomic mass is 32.4. The Balaban J connectivity index is 2.18. The summed E-state index contributed by atoms with van der Waals surface area (Å²) in [6.07, 6.45) is 7.37. The minimum absolute atomic E-state index is 1.17. The Bertz CT molecular complexity index is 600. The van der Waals surface area contributed by atoms with E-state index in [9.17, 15) is 0 Å². The first-order valence-corrected chi connectivity index (χ1v) is 10.0. The Morgan fingerprint density at radius 2 is 1.30 bits per heavy atom. The molecule has 1 aliphatic rings. The summed E-state index contributed by atoms with van der Waals surface area (Å²) in [4.78, 5) is 0. The van der Waals surface area contributed by atoms with Crippen LogP contribution >= 0.6 is 6.04 Å². The second-order valence-corrected chi connectivity index (χ2v) is 9.69. The molecule has 0 nitrogen and oxygen atoms in total. The van der Waals surface area contributed by atoms with Crippen molar-refractivity contribution in [2.75, 3.05) is 0 Å². The Kier molecular flexibility index (Phi) is 4.19. The lowest BCUT2D eigenvalue weighted by molar-refractivity contribution is 0.722. The molecule has 20 heavy (non-hydrogen) atoms. The van der Waals surface area contributed by atoms with E-state index in [1.54, 1.807) is 0 Å². The van der Waals surface area contributed by atoms with Gasteiger partial charge in [-0.15, -0.1) is 0 Å². The van der Waals surface area contributed by atoms with Gasteiger partial charge in [-0.25, -0.2) is 0 Å². The molecule has 102 valence electrons. The van der Waals surface area contributed by atoms with Crippen LogP contribution in [-0.4, -0.2) is 0 Å². The van der Waals surface area contributed by atoms with Crippen LogP contribution in [0.15, 0.2) is 72.1 Å². The molecule has 0 saturated carbocycles. The standard InChI is InChI=1S/C18H19PS/c20-19(16-10-4-1-5-11-16,17-12-6-2-7-13-17)18-14-8-3-9-15-18/h1-2,4-7,10-14H,3,8-9,15H2. The van der Waals surface area contributed by atoms with E-state index in [-0.39, 0.29) is 0 Å². The summed E-state index contributed by atoms with van der Waals surface area (Å²) in [6, 6.07) is 19.6. The van der Waals surface area contributed by atoms with E-state index in [0.29, 0.717) is 0 Å². The van der Waals surface area contributed by atoms with E-state index in [1.165, 1.54) is 41.6 Å². The molecule has 0 atom stereocenters. The highest BCUT2D eigenvalue weighted by molar-refractivity contribution is 8.23. The van der Waals surface area contributed by atoms with Gasteiger partial charge >= 0.3 is 0 Å². The van der Waals surface area contributed by atoms with Gasteiger partial charge in [0, 0.05) is 6.04 Å². The lowest BCUT2D eigenvalue weighted by Gasteiger charge is -2.28. The summed E-state index contributed by atoms with van der Waals surface area (Å²) in [6.45, 7) is 0. The fourth-order valence-electron chi connectivity index (χ4n) is 2.86. The minimum atomic E-state index is -1.81. The largest absolute Gasteiger partial charge is 0.0830 e. The number of benzene rings is 2. The van der Waals surface area contributed by atoms with Gasteiger partial charge in [0.15, 0.2) is 0 Å². The molecule has 0 bridgehead atoms. The summed E-state index contributed by atoms with van der Waals surface area (Å²) < 4.78 is 0. The molecule has 2 heteroatoms. The lowest BCUT2D eigenvalue weighted by Crippen LogP contribution is -2.18. The molecule has 0 aromatic heterocycles. The van der Waals surface area contributed by atoms with Crippen molar-refractivity contribution in [2.24, 2.45) is 0 Å². The van der Waals surface area contributed by atoms with E-state index in [1.807, 2.05) is 0 Å². The van der Waals surface area contributed by atoms with Crippen LogP contribution in [0.4, 0.5) is 0 Å². The van der Waals surface area contributed by atoms with Gasteiger partial charge in [-0.3, -0.25) is 0 Å². The quantitative estimate of drug-likeness (QED) is 0.748. The van der Waals surface area contributed by atoms with Gasteiger partial charge in [0.25, 0.3) is 0 Å². The summed E-state index contributed by atoms with van der Waals surface area (Å²) in [5.41, 5.74) is 0. The summed E-state index contributed by atoms with van der Waals surface area (Å²) in [5.74, 6) is 0. The smallest absolute Gasteiger partial charge is 0.0337 e. The van der Waals surface area contributed by atoms with Gasteiger partial charge in [-0.2, -0.15) is 0 Å². The first kappa shape index (κ1) is 13.8. The van der Waals surface area contributed by atoms with Gasteiger partial charge in [0.05, 0.1) is 0 Å². The maximum absolute atomic E-state index is 6.30. The molecule has 0 saturated heterocycles. The van der Waals surface area contributed by atoms with Crippen molar-refractivity contribution in [1.82, 2.24) is 0 Å². The van der Waals surface area contributed by atoms with Crippen LogP contribution in [0.1, 0.15) is 25.7 Å². The van der Waals surface area contributed by atoms with Crippen LogP contribution in [0.25, 0.3) is 0 Å². The zero-order chi connectivity index (χ0) is 13.8. The fourth-order valence-corrected chi connectivity index (χ4v) is 7.10. The average molecular weight is 298 g/mol. The molecule has 0 amide bonds.